The van der Waals surface area contributed by atoms with Crippen LogP contribution in [0.25, 0.3) is 0 Å². The predicted octanol–water partition coefficient (Wildman–Crippen LogP) is 2.51. The van der Waals surface area contributed by atoms with Gasteiger partial charge in [-0.25, -0.2) is 4.98 Å². The van der Waals surface area contributed by atoms with Gasteiger partial charge < -0.3 is 5.32 Å². The number of carbonyl (C=O) groups is 2. The van der Waals surface area contributed by atoms with Crippen LogP contribution in [-0.4, -0.2) is 46.3 Å². The van der Waals surface area contributed by atoms with Gasteiger partial charge in [0.15, 0.2) is 5.13 Å². The van der Waals surface area contributed by atoms with Crippen molar-refractivity contribution in [2.75, 3.05) is 25.0 Å². The minimum atomic E-state index is -0.267. The van der Waals surface area contributed by atoms with Crippen LogP contribution in [0.15, 0.2) is 54.7 Å². The molecule has 0 saturated heterocycles. The fourth-order valence-corrected chi connectivity index (χ4v) is 4.39. The van der Waals surface area contributed by atoms with E-state index in [0.29, 0.717) is 30.5 Å². The Morgan fingerprint density at radius 2 is 1.93 bits per heavy atom. The van der Waals surface area contributed by atoms with Gasteiger partial charge in [0.05, 0.1) is 12.2 Å². The van der Waals surface area contributed by atoms with Crippen molar-refractivity contribution in [1.29, 1.82) is 0 Å². The summed E-state index contributed by atoms with van der Waals surface area (Å²) in [5.74, 6) is -0.237. The molecule has 0 fully saturated rings. The molecule has 8 heteroatoms. The predicted molar refractivity (Wildman–Crippen MR) is 116 cm³/mol. The molecule has 0 aliphatic carbocycles. The highest BCUT2D eigenvalue weighted by molar-refractivity contribution is 7.15. The summed E-state index contributed by atoms with van der Waals surface area (Å²) in [5, 5.41) is 6.39. The topological polar surface area (TPSA) is 87.2 Å². The van der Waals surface area contributed by atoms with E-state index in [2.05, 4.69) is 37.6 Å². The lowest BCUT2D eigenvalue weighted by Crippen LogP contribution is -2.40. The summed E-state index contributed by atoms with van der Waals surface area (Å²) >= 11 is 1.46. The number of aromatic nitrogens is 2. The fraction of sp³-hybridized carbons (Fsp3) is 0.273. The maximum Gasteiger partial charge on any atom is 0.276 e. The largest absolute Gasteiger partial charge is 0.355 e. The molecule has 0 radical (unpaired) electrons. The number of benzene rings is 1. The number of carbonyl (C=O) groups excluding carboxylic acids is 2. The first kappa shape index (κ1) is 20.2. The molecule has 0 saturated carbocycles. The van der Waals surface area contributed by atoms with Crippen molar-refractivity contribution in [3.05, 3.63) is 76.6 Å². The molecule has 2 aromatic heterocycles. The number of hydrogen-bond acceptors (Lipinski definition) is 6. The molecule has 0 atom stereocenters. The van der Waals surface area contributed by atoms with Crippen LogP contribution >= 0.6 is 11.3 Å². The molecule has 0 bridgehead atoms. The summed E-state index contributed by atoms with van der Waals surface area (Å²) in [7, 11) is 0. The van der Waals surface area contributed by atoms with Gasteiger partial charge in [0, 0.05) is 37.1 Å². The Morgan fingerprint density at radius 1 is 1.10 bits per heavy atom. The highest BCUT2D eigenvalue weighted by Crippen LogP contribution is 2.28. The number of amides is 2. The molecule has 4 rings (SSSR count). The first-order valence-corrected chi connectivity index (χ1v) is 10.7. The highest BCUT2D eigenvalue weighted by Gasteiger charge is 2.23. The first-order chi connectivity index (χ1) is 14.7. The van der Waals surface area contributed by atoms with Crippen LogP contribution in [-0.2, 0) is 24.2 Å². The maximum absolute atomic E-state index is 12.3. The van der Waals surface area contributed by atoms with E-state index in [-0.39, 0.29) is 11.8 Å². The van der Waals surface area contributed by atoms with E-state index in [9.17, 15) is 9.59 Å². The van der Waals surface area contributed by atoms with Crippen molar-refractivity contribution in [1.82, 2.24) is 20.2 Å². The van der Waals surface area contributed by atoms with Gasteiger partial charge in [-0.05, 0) is 24.1 Å². The first-order valence-electron chi connectivity index (χ1n) is 9.91. The van der Waals surface area contributed by atoms with Gasteiger partial charge in [0.1, 0.15) is 5.69 Å². The van der Waals surface area contributed by atoms with Crippen molar-refractivity contribution in [3.8, 4) is 0 Å². The molecule has 0 unspecified atom stereocenters. The second kappa shape index (κ2) is 9.60. The van der Waals surface area contributed by atoms with Gasteiger partial charge in [-0.2, -0.15) is 0 Å². The molecule has 30 heavy (non-hydrogen) atoms. The number of rotatable bonds is 7. The van der Waals surface area contributed by atoms with Crippen LogP contribution in [0, 0.1) is 0 Å². The van der Waals surface area contributed by atoms with Crippen LogP contribution < -0.4 is 10.6 Å². The van der Waals surface area contributed by atoms with Gasteiger partial charge in [0.25, 0.3) is 5.91 Å². The number of nitrogens with one attached hydrogen (secondary N) is 2. The van der Waals surface area contributed by atoms with Crippen molar-refractivity contribution in [2.45, 2.75) is 19.4 Å². The average molecular weight is 422 g/mol. The van der Waals surface area contributed by atoms with Crippen LogP contribution in [0.5, 0.6) is 0 Å². The Bertz CT molecular complexity index is 1010. The van der Waals surface area contributed by atoms with Crippen molar-refractivity contribution >= 4 is 28.3 Å². The molecule has 3 heterocycles. The molecule has 3 aromatic rings. The molecule has 1 aliphatic heterocycles. The average Bonchev–Trinajstić information content (AvgIpc) is 3.16. The maximum atomic E-state index is 12.3. The highest BCUT2D eigenvalue weighted by atomic mass is 32.1. The van der Waals surface area contributed by atoms with Crippen molar-refractivity contribution < 1.29 is 9.59 Å². The zero-order valence-electron chi connectivity index (χ0n) is 16.5. The van der Waals surface area contributed by atoms with E-state index in [0.717, 1.165) is 30.0 Å². The lowest BCUT2D eigenvalue weighted by Gasteiger charge is -2.25. The van der Waals surface area contributed by atoms with Crippen LogP contribution in [0.1, 0.15) is 26.6 Å². The van der Waals surface area contributed by atoms with Crippen molar-refractivity contribution in [3.63, 3.8) is 0 Å². The van der Waals surface area contributed by atoms with Crippen molar-refractivity contribution in [2.24, 2.45) is 0 Å². The zero-order chi connectivity index (χ0) is 20.8. The minimum absolute atomic E-state index is 0.0302. The number of thiazole rings is 1. The third kappa shape index (κ3) is 5.28. The van der Waals surface area contributed by atoms with Gasteiger partial charge in [-0.3, -0.25) is 24.8 Å². The van der Waals surface area contributed by atoms with E-state index in [1.54, 1.807) is 24.4 Å². The Labute approximate surface area is 179 Å². The summed E-state index contributed by atoms with van der Waals surface area (Å²) in [5.41, 5.74) is 2.57. The van der Waals surface area contributed by atoms with Crippen LogP contribution in [0.4, 0.5) is 5.13 Å². The monoisotopic (exact) mass is 421 g/mol. The molecule has 2 amide bonds. The number of anilines is 1. The minimum Gasteiger partial charge on any atom is -0.355 e. The van der Waals surface area contributed by atoms with Gasteiger partial charge in [0.2, 0.25) is 5.91 Å². The van der Waals surface area contributed by atoms with E-state index in [4.69, 9.17) is 0 Å². The number of nitrogens with zero attached hydrogens (tertiary/aromatic N) is 3. The molecule has 154 valence electrons. The lowest BCUT2D eigenvalue weighted by molar-refractivity contribution is -0.122. The lowest BCUT2D eigenvalue weighted by atomic mass is 10.1. The number of pyridine rings is 1. The second-order valence-electron chi connectivity index (χ2n) is 7.10. The third-order valence-corrected chi connectivity index (χ3v) is 5.87. The molecule has 7 nitrogen and oxygen atoms in total. The van der Waals surface area contributed by atoms with Gasteiger partial charge in [-0.15, -0.1) is 11.3 Å². The Kier molecular flexibility index (Phi) is 6.46. The Hall–Kier alpha value is -3.10. The molecule has 0 spiro atoms. The van der Waals surface area contributed by atoms with Crippen LogP contribution in [0.3, 0.4) is 0 Å². The summed E-state index contributed by atoms with van der Waals surface area (Å²) in [4.78, 5) is 36.4. The SMILES string of the molecule is O=C(CN1CCc2nc(NC(=O)c3ccccn3)sc2C1)NCCc1ccccc1. The number of fused-ring (bicyclic) bond motifs is 1. The van der Waals surface area contributed by atoms with E-state index in [1.807, 2.05) is 18.2 Å². The van der Waals surface area contributed by atoms with E-state index in [1.165, 1.54) is 16.9 Å². The van der Waals surface area contributed by atoms with Gasteiger partial charge >= 0.3 is 0 Å². The Balaban J connectivity index is 1.26. The second-order valence-corrected chi connectivity index (χ2v) is 8.19. The standard InChI is InChI=1S/C22H23N5O2S/c28-20(24-12-9-16-6-2-1-3-7-16)15-27-13-10-17-19(14-27)30-22(25-17)26-21(29)18-8-4-5-11-23-18/h1-8,11H,9-10,12-15H2,(H,24,28)(H,25,26,29). The Morgan fingerprint density at radius 3 is 2.73 bits per heavy atom. The number of hydrogen-bond donors (Lipinski definition) is 2. The molecular weight excluding hydrogens is 398 g/mol. The summed E-state index contributed by atoms with van der Waals surface area (Å²) < 4.78 is 0. The quantitative estimate of drug-likeness (QED) is 0.612. The smallest absolute Gasteiger partial charge is 0.276 e. The summed E-state index contributed by atoms with van der Waals surface area (Å²) in [6.45, 7) is 2.43. The molecular formula is C22H23N5O2S. The molecule has 1 aromatic carbocycles. The zero-order valence-corrected chi connectivity index (χ0v) is 17.3. The third-order valence-electron chi connectivity index (χ3n) is 4.87. The van der Waals surface area contributed by atoms with Gasteiger partial charge in [-0.1, -0.05) is 36.4 Å². The summed E-state index contributed by atoms with van der Waals surface area (Å²) in [6, 6.07) is 15.3. The normalized spacial score (nSPS) is 13.5. The molecule has 1 aliphatic rings. The van der Waals surface area contributed by atoms with E-state index >= 15 is 0 Å². The molecule has 2 N–H and O–H groups in total. The fourth-order valence-electron chi connectivity index (χ4n) is 3.34. The summed E-state index contributed by atoms with van der Waals surface area (Å²) in [6.07, 6.45) is 3.18. The van der Waals surface area contributed by atoms with Crippen LogP contribution in [0.2, 0.25) is 0 Å². The van der Waals surface area contributed by atoms with E-state index < -0.39 is 0 Å².